The average molecular weight is 461 g/mol. The molecule has 8 nitrogen and oxygen atoms in total. The van der Waals surface area contributed by atoms with E-state index < -0.39 is 52.0 Å². The molecule has 0 saturated heterocycles. The maximum absolute atomic E-state index is 13.5. The highest BCUT2D eigenvalue weighted by Gasteiger charge is 2.59. The highest BCUT2D eigenvalue weighted by Crippen LogP contribution is 2.51. The van der Waals surface area contributed by atoms with Crippen molar-refractivity contribution in [3.8, 4) is 5.75 Å². The number of ketones is 2. The van der Waals surface area contributed by atoms with E-state index in [1.807, 2.05) is 30.3 Å². The zero-order valence-electron chi connectivity index (χ0n) is 18.1. The minimum atomic E-state index is -2.55. The lowest BCUT2D eigenvalue weighted by atomic mass is 9.60. The number of nitrogens with two attached hydrogens (primary N) is 1. The summed E-state index contributed by atoms with van der Waals surface area (Å²) < 4.78 is 0. The van der Waals surface area contributed by atoms with Crippen LogP contribution in [0.2, 0.25) is 0 Å². The Labute approximate surface area is 194 Å². The van der Waals surface area contributed by atoms with E-state index in [1.54, 1.807) is 6.07 Å². The summed E-state index contributed by atoms with van der Waals surface area (Å²) in [5, 5.41) is 43.1. The monoisotopic (exact) mass is 461 g/mol. The SMILES string of the molecule is NC(=O)C1=C(O)C[C@@H]2C[C@@H]3Cc4c(Cc5ccccc5)ccc(O)c4C(=O)C3=C(O)[C@]2(O)C1=O. The fourth-order valence-corrected chi connectivity index (χ4v) is 5.66. The van der Waals surface area contributed by atoms with Crippen LogP contribution in [0.15, 0.2) is 65.1 Å². The third-order valence-corrected chi connectivity index (χ3v) is 7.28. The standard InChI is InChI=1S/C26H23NO7/c27-25(33)21-18(29)11-15-9-14-10-16-13(8-12-4-2-1-3-5-12)6-7-17(28)20(16)22(30)19(14)23(31)26(15,34)24(21)32/h1-7,14-15,28-29,31,34H,8-11H2,(H2,27,33)/t14-,15+,26+/m1/s1. The number of rotatable bonds is 3. The summed E-state index contributed by atoms with van der Waals surface area (Å²) in [6.07, 6.45) is 0.701. The Morgan fingerprint density at radius 3 is 2.41 bits per heavy atom. The number of aliphatic hydroxyl groups is 3. The molecular formula is C26H23NO7. The largest absolute Gasteiger partial charge is 0.511 e. The second-order valence-corrected chi connectivity index (χ2v) is 9.17. The van der Waals surface area contributed by atoms with Gasteiger partial charge in [0.2, 0.25) is 5.78 Å². The van der Waals surface area contributed by atoms with Gasteiger partial charge in [0.1, 0.15) is 22.8 Å². The molecule has 2 aromatic rings. The molecule has 0 aliphatic heterocycles. The van der Waals surface area contributed by atoms with Gasteiger partial charge in [-0.25, -0.2) is 0 Å². The zero-order chi connectivity index (χ0) is 24.4. The van der Waals surface area contributed by atoms with Crippen LogP contribution in [0.1, 0.15) is 39.9 Å². The van der Waals surface area contributed by atoms with Gasteiger partial charge in [0, 0.05) is 17.9 Å². The van der Waals surface area contributed by atoms with Crippen LogP contribution >= 0.6 is 0 Å². The van der Waals surface area contributed by atoms with Crippen LogP contribution in [0, 0.1) is 11.8 Å². The number of hydrogen-bond donors (Lipinski definition) is 5. The number of benzene rings is 2. The first-order chi connectivity index (χ1) is 16.1. The molecule has 1 amide bonds. The molecule has 3 atom stereocenters. The first kappa shape index (κ1) is 21.9. The number of phenolic OH excluding ortho intramolecular Hbond substituents is 1. The first-order valence-electron chi connectivity index (χ1n) is 11.0. The molecule has 3 aliphatic rings. The molecule has 0 heterocycles. The van der Waals surface area contributed by atoms with E-state index in [0.29, 0.717) is 18.4 Å². The fourth-order valence-electron chi connectivity index (χ4n) is 5.66. The van der Waals surface area contributed by atoms with Crippen LogP contribution in [0.25, 0.3) is 0 Å². The van der Waals surface area contributed by atoms with Gasteiger partial charge in [-0.05, 0) is 47.9 Å². The summed E-state index contributed by atoms with van der Waals surface area (Å²) in [6.45, 7) is 0. The number of carbonyl (C=O) groups excluding carboxylic acids is 3. The van der Waals surface area contributed by atoms with Crippen LogP contribution in [-0.2, 0) is 22.4 Å². The van der Waals surface area contributed by atoms with E-state index >= 15 is 0 Å². The Bertz CT molecular complexity index is 1320. The minimum absolute atomic E-state index is 0.0325. The van der Waals surface area contributed by atoms with E-state index in [2.05, 4.69) is 0 Å². The summed E-state index contributed by atoms with van der Waals surface area (Å²) in [5.74, 6) is -6.23. The van der Waals surface area contributed by atoms with Gasteiger partial charge in [-0.2, -0.15) is 0 Å². The summed E-state index contributed by atoms with van der Waals surface area (Å²) in [6, 6.07) is 12.8. The number of aliphatic hydroxyl groups excluding tert-OH is 2. The van der Waals surface area contributed by atoms with Crippen molar-refractivity contribution in [3.05, 3.63) is 87.4 Å². The summed E-state index contributed by atoms with van der Waals surface area (Å²) in [5.41, 5.74) is 4.29. The Morgan fingerprint density at radius 2 is 1.74 bits per heavy atom. The molecule has 34 heavy (non-hydrogen) atoms. The van der Waals surface area contributed by atoms with Crippen molar-refractivity contribution in [1.29, 1.82) is 0 Å². The highest BCUT2D eigenvalue weighted by atomic mass is 16.3. The number of allylic oxidation sites excluding steroid dienone is 2. The molecule has 0 bridgehead atoms. The van der Waals surface area contributed by atoms with E-state index in [9.17, 15) is 34.8 Å². The first-order valence-corrected chi connectivity index (χ1v) is 11.0. The second kappa shape index (κ2) is 7.56. The molecule has 6 N–H and O–H groups in total. The van der Waals surface area contributed by atoms with Crippen molar-refractivity contribution in [2.24, 2.45) is 17.6 Å². The molecule has 3 aliphatic carbocycles. The molecule has 0 spiro atoms. The molecule has 0 saturated carbocycles. The van der Waals surface area contributed by atoms with E-state index in [-0.39, 0.29) is 29.7 Å². The fraction of sp³-hybridized carbons (Fsp3) is 0.269. The van der Waals surface area contributed by atoms with Crippen molar-refractivity contribution in [2.45, 2.75) is 31.3 Å². The van der Waals surface area contributed by atoms with Crippen molar-refractivity contribution >= 4 is 17.5 Å². The van der Waals surface area contributed by atoms with Gasteiger partial charge in [-0.15, -0.1) is 0 Å². The van der Waals surface area contributed by atoms with E-state index in [1.165, 1.54) is 6.07 Å². The molecule has 0 fully saturated rings. The number of Topliss-reactive ketones (excluding diaryl/α,β-unsaturated/α-hetero) is 2. The van der Waals surface area contributed by atoms with E-state index in [0.717, 1.165) is 11.1 Å². The lowest BCUT2D eigenvalue weighted by Crippen LogP contribution is -2.57. The van der Waals surface area contributed by atoms with Gasteiger partial charge in [-0.3, -0.25) is 14.4 Å². The number of amides is 1. The summed E-state index contributed by atoms with van der Waals surface area (Å²) in [7, 11) is 0. The number of primary amides is 1. The topological polar surface area (TPSA) is 158 Å². The molecule has 8 heteroatoms. The van der Waals surface area contributed by atoms with Gasteiger partial charge >= 0.3 is 0 Å². The smallest absolute Gasteiger partial charge is 0.255 e. The molecule has 0 unspecified atom stereocenters. The number of hydrogen-bond acceptors (Lipinski definition) is 7. The second-order valence-electron chi connectivity index (χ2n) is 9.17. The summed E-state index contributed by atoms with van der Waals surface area (Å²) >= 11 is 0. The molecule has 0 aromatic heterocycles. The van der Waals surface area contributed by atoms with Crippen molar-refractivity contribution in [2.75, 3.05) is 0 Å². The molecular weight excluding hydrogens is 438 g/mol. The quantitative estimate of drug-likeness (QED) is 0.438. The van der Waals surface area contributed by atoms with Crippen molar-refractivity contribution in [1.82, 2.24) is 0 Å². The van der Waals surface area contributed by atoms with Crippen molar-refractivity contribution < 1.29 is 34.8 Å². The molecule has 2 aromatic carbocycles. The highest BCUT2D eigenvalue weighted by molar-refractivity contribution is 6.24. The minimum Gasteiger partial charge on any atom is -0.511 e. The number of phenols is 1. The maximum Gasteiger partial charge on any atom is 0.255 e. The average Bonchev–Trinajstić information content (AvgIpc) is 2.78. The van der Waals surface area contributed by atoms with Crippen molar-refractivity contribution in [3.63, 3.8) is 0 Å². The van der Waals surface area contributed by atoms with Crippen LogP contribution in [0.5, 0.6) is 5.75 Å². The summed E-state index contributed by atoms with van der Waals surface area (Å²) in [4.78, 5) is 38.2. The Balaban J connectivity index is 1.63. The third-order valence-electron chi connectivity index (χ3n) is 7.28. The van der Waals surface area contributed by atoms with E-state index in [4.69, 9.17) is 5.73 Å². The predicted molar refractivity (Wildman–Crippen MR) is 120 cm³/mol. The molecule has 0 radical (unpaired) electrons. The Hall–Kier alpha value is -3.91. The molecule has 174 valence electrons. The lowest BCUT2D eigenvalue weighted by molar-refractivity contribution is -0.144. The van der Waals surface area contributed by atoms with Gasteiger partial charge in [0.15, 0.2) is 11.4 Å². The van der Waals surface area contributed by atoms with Crippen LogP contribution in [-0.4, -0.2) is 43.5 Å². The number of carbonyl (C=O) groups is 3. The Morgan fingerprint density at radius 1 is 1.03 bits per heavy atom. The Kier molecular flexibility index (Phi) is 4.87. The van der Waals surface area contributed by atoms with Crippen LogP contribution < -0.4 is 5.73 Å². The zero-order valence-corrected chi connectivity index (χ0v) is 18.1. The lowest BCUT2D eigenvalue weighted by Gasteiger charge is -2.45. The van der Waals surface area contributed by atoms with Gasteiger partial charge in [-0.1, -0.05) is 36.4 Å². The van der Waals surface area contributed by atoms with Gasteiger partial charge in [0.25, 0.3) is 5.91 Å². The number of aromatic hydroxyl groups is 1. The predicted octanol–water partition coefficient (Wildman–Crippen LogP) is 2.17. The van der Waals surface area contributed by atoms with Gasteiger partial charge in [0.05, 0.1) is 5.56 Å². The van der Waals surface area contributed by atoms with Crippen LogP contribution in [0.3, 0.4) is 0 Å². The third kappa shape index (κ3) is 2.99. The maximum atomic E-state index is 13.5. The number of fused-ring (bicyclic) bond motifs is 3. The van der Waals surface area contributed by atoms with Gasteiger partial charge < -0.3 is 26.2 Å². The molecule has 5 rings (SSSR count). The van der Waals surface area contributed by atoms with Crippen LogP contribution in [0.4, 0.5) is 0 Å². The normalized spacial score (nSPS) is 26.1.